The van der Waals surface area contributed by atoms with Gasteiger partial charge in [-0.3, -0.25) is 14.4 Å². The predicted octanol–water partition coefficient (Wildman–Crippen LogP) is 1.99. The van der Waals surface area contributed by atoms with Crippen LogP contribution >= 0.6 is 27.7 Å². The van der Waals surface area contributed by atoms with Crippen LogP contribution in [0.1, 0.15) is 13.3 Å². The number of benzene rings is 2. The van der Waals surface area contributed by atoms with Gasteiger partial charge in [-0.1, -0.05) is 51.5 Å². The van der Waals surface area contributed by atoms with Crippen LogP contribution in [0.25, 0.3) is 11.0 Å². The van der Waals surface area contributed by atoms with Gasteiger partial charge < -0.3 is 20.6 Å². The number of nitrogens with one attached hydrogen (secondary N) is 2. The zero-order valence-corrected chi connectivity index (χ0v) is 22.9. The molecule has 0 aliphatic carbocycles. The third kappa shape index (κ3) is 3.84. The van der Waals surface area contributed by atoms with E-state index >= 15 is 0 Å². The molecule has 4 heterocycles. The molecule has 3 unspecified atom stereocenters. The number of anilines is 1. The van der Waals surface area contributed by atoms with Gasteiger partial charge in [-0.05, 0) is 37.6 Å². The van der Waals surface area contributed by atoms with Gasteiger partial charge in [0.15, 0.2) is 0 Å². The molecule has 3 aliphatic heterocycles. The third-order valence-electron chi connectivity index (χ3n) is 7.88. The SMILES string of the molecule is C[C@H](CO)N1C(=O)[C@@H]2[C@@H](C(=O)Nc3ccccc3)[C@@H]3SC2(CC3Br)C1C(=O)NCn1nnc2ccccc21. The molecule has 3 aliphatic rings. The summed E-state index contributed by atoms with van der Waals surface area (Å²) in [6.07, 6.45) is 0.562. The zero-order valence-electron chi connectivity index (χ0n) is 20.5. The first-order chi connectivity index (χ1) is 18.4. The van der Waals surface area contributed by atoms with Crippen molar-refractivity contribution in [3.63, 3.8) is 0 Å². The minimum atomic E-state index is -0.846. The fourth-order valence-corrected chi connectivity index (χ4v) is 9.86. The third-order valence-corrected chi connectivity index (χ3v) is 11.1. The molecule has 3 saturated heterocycles. The number of halogens is 1. The number of aliphatic hydroxyl groups is 1. The van der Waals surface area contributed by atoms with E-state index in [4.69, 9.17) is 0 Å². The van der Waals surface area contributed by atoms with E-state index in [1.165, 1.54) is 4.90 Å². The highest BCUT2D eigenvalue weighted by Crippen LogP contribution is 2.68. The summed E-state index contributed by atoms with van der Waals surface area (Å²) in [5, 5.41) is 24.1. The largest absolute Gasteiger partial charge is 0.394 e. The molecule has 12 heteroatoms. The Hall–Kier alpha value is -2.96. The number of hydrogen-bond donors (Lipinski definition) is 3. The van der Waals surface area contributed by atoms with E-state index in [1.807, 2.05) is 42.5 Å². The normalized spacial score (nSPS) is 30.4. The van der Waals surface area contributed by atoms with Gasteiger partial charge in [-0.25, -0.2) is 4.68 Å². The van der Waals surface area contributed by atoms with Crippen LogP contribution in [0.2, 0.25) is 0 Å². The molecule has 6 rings (SSSR count). The lowest BCUT2D eigenvalue weighted by molar-refractivity contribution is -0.141. The first-order valence-electron chi connectivity index (χ1n) is 12.5. The Balaban J connectivity index is 1.31. The van der Waals surface area contributed by atoms with E-state index in [0.29, 0.717) is 17.6 Å². The standard InChI is InChI=1S/C26H27BrN6O4S/c1-14(12-34)33-22(24(36)28-13-32-18-10-6-5-9-17(18)30-31-32)26-11-16(27)21(38-26)19(20(26)25(33)37)23(35)29-15-7-3-2-4-8-15/h2-10,14,16,19-22,34H,11-13H2,1H3,(H,28,36)(H,29,35)/t14-,16?,19-,20+,21-,22?,26?/m1/s1. The number of hydrogen-bond acceptors (Lipinski definition) is 7. The Morgan fingerprint density at radius 1 is 1.18 bits per heavy atom. The molecular weight excluding hydrogens is 572 g/mol. The van der Waals surface area contributed by atoms with Gasteiger partial charge in [0.25, 0.3) is 0 Å². The number of para-hydroxylation sites is 2. The summed E-state index contributed by atoms with van der Waals surface area (Å²) in [7, 11) is 0. The molecule has 3 amide bonds. The van der Waals surface area contributed by atoms with Crippen molar-refractivity contribution in [3.8, 4) is 0 Å². The number of alkyl halides is 1. The van der Waals surface area contributed by atoms with Gasteiger partial charge in [-0.15, -0.1) is 16.9 Å². The molecule has 2 bridgehead atoms. The van der Waals surface area contributed by atoms with Gasteiger partial charge in [0.2, 0.25) is 17.7 Å². The van der Waals surface area contributed by atoms with Crippen LogP contribution in [-0.4, -0.2) is 76.2 Å². The molecular formula is C26H27BrN6O4S. The van der Waals surface area contributed by atoms with Crippen LogP contribution in [0.15, 0.2) is 54.6 Å². The highest BCUT2D eigenvalue weighted by molar-refractivity contribution is 9.09. The number of aromatic nitrogens is 3. The number of aliphatic hydroxyl groups excluding tert-OH is 1. The van der Waals surface area contributed by atoms with Gasteiger partial charge >= 0.3 is 0 Å². The van der Waals surface area contributed by atoms with Crippen molar-refractivity contribution in [1.29, 1.82) is 0 Å². The fraction of sp³-hybridized carbons (Fsp3) is 0.423. The minimum absolute atomic E-state index is 0.0398. The van der Waals surface area contributed by atoms with Crippen LogP contribution < -0.4 is 10.6 Å². The molecule has 10 nitrogen and oxygen atoms in total. The van der Waals surface area contributed by atoms with Crippen LogP contribution in [0, 0.1) is 11.8 Å². The van der Waals surface area contributed by atoms with E-state index < -0.39 is 28.7 Å². The van der Waals surface area contributed by atoms with Gasteiger partial charge in [0.1, 0.15) is 18.2 Å². The average Bonchev–Trinajstić information content (AvgIpc) is 3.64. The number of rotatable bonds is 7. The molecule has 1 spiro atoms. The van der Waals surface area contributed by atoms with E-state index in [-0.39, 0.29) is 41.1 Å². The predicted molar refractivity (Wildman–Crippen MR) is 146 cm³/mol. The Labute approximate surface area is 231 Å². The molecule has 1 aromatic heterocycles. The molecule has 3 N–H and O–H groups in total. The smallest absolute Gasteiger partial charge is 0.245 e. The van der Waals surface area contributed by atoms with Crippen LogP contribution in [-0.2, 0) is 21.1 Å². The van der Waals surface area contributed by atoms with E-state index in [1.54, 1.807) is 35.5 Å². The van der Waals surface area contributed by atoms with Crippen LogP contribution in [0.4, 0.5) is 5.69 Å². The van der Waals surface area contributed by atoms with Crippen molar-refractivity contribution in [2.75, 3.05) is 11.9 Å². The lowest BCUT2D eigenvalue weighted by Crippen LogP contribution is -2.56. The summed E-state index contributed by atoms with van der Waals surface area (Å²) in [5.74, 6) is -2.12. The van der Waals surface area contributed by atoms with Crippen molar-refractivity contribution in [1.82, 2.24) is 25.2 Å². The Kier molecular flexibility index (Phi) is 6.43. The first kappa shape index (κ1) is 25.3. The summed E-state index contributed by atoms with van der Waals surface area (Å²) >= 11 is 5.31. The average molecular weight is 600 g/mol. The van der Waals surface area contributed by atoms with E-state index in [2.05, 4.69) is 36.9 Å². The quantitative estimate of drug-likeness (QED) is 0.355. The summed E-state index contributed by atoms with van der Waals surface area (Å²) in [6.45, 7) is 1.51. The summed E-state index contributed by atoms with van der Waals surface area (Å²) in [6, 6.07) is 15.2. The molecule has 3 fully saturated rings. The number of nitrogens with zero attached hydrogens (tertiary/aromatic N) is 4. The number of carbonyl (C=O) groups excluding carboxylic acids is 3. The summed E-state index contributed by atoms with van der Waals surface area (Å²) in [4.78, 5) is 42.9. The zero-order chi connectivity index (χ0) is 26.6. The molecule has 0 saturated carbocycles. The second-order valence-electron chi connectivity index (χ2n) is 10.1. The van der Waals surface area contributed by atoms with Crippen molar-refractivity contribution in [3.05, 3.63) is 54.6 Å². The maximum Gasteiger partial charge on any atom is 0.245 e. The van der Waals surface area contributed by atoms with Crippen molar-refractivity contribution < 1.29 is 19.5 Å². The minimum Gasteiger partial charge on any atom is -0.394 e. The molecule has 3 aromatic rings. The number of thioether (sulfide) groups is 1. The highest BCUT2D eigenvalue weighted by Gasteiger charge is 2.76. The first-order valence-corrected chi connectivity index (χ1v) is 14.3. The van der Waals surface area contributed by atoms with Crippen LogP contribution in [0.3, 0.4) is 0 Å². The van der Waals surface area contributed by atoms with Gasteiger partial charge in [0.05, 0.1) is 34.7 Å². The van der Waals surface area contributed by atoms with E-state index in [0.717, 1.165) is 5.52 Å². The molecule has 0 radical (unpaired) electrons. The van der Waals surface area contributed by atoms with Gasteiger partial charge in [0, 0.05) is 15.8 Å². The number of fused-ring (bicyclic) bond motifs is 2. The second kappa shape index (κ2) is 9.65. The summed E-state index contributed by atoms with van der Waals surface area (Å²) < 4.78 is 0.800. The van der Waals surface area contributed by atoms with Crippen molar-refractivity contribution >= 4 is 62.1 Å². The fourth-order valence-electron chi connectivity index (χ4n) is 6.26. The summed E-state index contributed by atoms with van der Waals surface area (Å²) in [5.41, 5.74) is 2.15. The molecule has 2 aromatic carbocycles. The monoisotopic (exact) mass is 598 g/mol. The topological polar surface area (TPSA) is 129 Å². The maximum atomic E-state index is 14.0. The molecule has 198 valence electrons. The highest BCUT2D eigenvalue weighted by atomic mass is 79.9. The Morgan fingerprint density at radius 3 is 2.68 bits per heavy atom. The number of likely N-dealkylation sites (tertiary alicyclic amines) is 1. The lowest BCUT2D eigenvalue weighted by Gasteiger charge is -2.36. The Bertz CT molecular complexity index is 1400. The number of carbonyl (C=O) groups is 3. The molecule has 7 atom stereocenters. The van der Waals surface area contributed by atoms with Crippen LogP contribution in [0.5, 0.6) is 0 Å². The number of amides is 3. The second-order valence-corrected chi connectivity index (χ2v) is 12.8. The lowest BCUT2D eigenvalue weighted by atomic mass is 9.70. The van der Waals surface area contributed by atoms with Gasteiger partial charge in [-0.2, -0.15) is 0 Å². The Morgan fingerprint density at radius 2 is 1.92 bits per heavy atom. The van der Waals surface area contributed by atoms with E-state index in [9.17, 15) is 19.5 Å². The van der Waals surface area contributed by atoms with Crippen molar-refractivity contribution in [2.45, 2.75) is 46.9 Å². The maximum absolute atomic E-state index is 14.0. The van der Waals surface area contributed by atoms with Crippen molar-refractivity contribution in [2.24, 2.45) is 11.8 Å². The molecule has 38 heavy (non-hydrogen) atoms.